The Hall–Kier alpha value is -1.45. The molecule has 9 heteroatoms. The van der Waals surface area contributed by atoms with Crippen molar-refractivity contribution in [1.82, 2.24) is 0 Å². The van der Waals surface area contributed by atoms with E-state index in [-0.39, 0.29) is 11.5 Å². The van der Waals surface area contributed by atoms with Crippen LogP contribution in [0.4, 0.5) is 13.2 Å². The Labute approximate surface area is 139 Å². The van der Waals surface area contributed by atoms with E-state index in [1.165, 1.54) is 19.2 Å². The van der Waals surface area contributed by atoms with Crippen LogP contribution in [0.3, 0.4) is 0 Å². The molecule has 2 N–H and O–H groups in total. The summed E-state index contributed by atoms with van der Waals surface area (Å²) in [5, 5.41) is 0. The van der Waals surface area contributed by atoms with Gasteiger partial charge in [0.2, 0.25) is 0 Å². The van der Waals surface area contributed by atoms with E-state index in [2.05, 4.69) is 4.74 Å². The summed E-state index contributed by atoms with van der Waals surface area (Å²) in [6, 6.07) is 3.72. The SMILES string of the molecule is COc1cc(OC(F)(F)F)ccc1[C@H](N)B1OC(C)(C)C(C)(C)O1. The van der Waals surface area contributed by atoms with Crippen molar-refractivity contribution < 1.29 is 32.0 Å². The third kappa shape index (κ3) is 3.79. The van der Waals surface area contributed by atoms with Gasteiger partial charge in [-0.3, -0.25) is 0 Å². The van der Waals surface area contributed by atoms with Crippen molar-refractivity contribution in [1.29, 1.82) is 0 Å². The number of alkyl halides is 3. The third-order valence-electron chi connectivity index (χ3n) is 4.36. The van der Waals surface area contributed by atoms with Gasteiger partial charge in [0.25, 0.3) is 0 Å². The highest BCUT2D eigenvalue weighted by molar-refractivity contribution is 6.47. The van der Waals surface area contributed by atoms with Gasteiger partial charge >= 0.3 is 13.5 Å². The summed E-state index contributed by atoms with van der Waals surface area (Å²) in [4.78, 5) is 0. The Kier molecular flexibility index (Phi) is 4.82. The highest BCUT2D eigenvalue weighted by Crippen LogP contribution is 2.41. The van der Waals surface area contributed by atoms with Gasteiger partial charge in [0, 0.05) is 11.6 Å². The fourth-order valence-electron chi connectivity index (χ4n) is 2.35. The van der Waals surface area contributed by atoms with Crippen LogP contribution in [0, 0.1) is 0 Å². The van der Waals surface area contributed by atoms with E-state index in [0.29, 0.717) is 5.56 Å². The zero-order valence-electron chi connectivity index (χ0n) is 14.2. The van der Waals surface area contributed by atoms with Crippen molar-refractivity contribution in [2.24, 2.45) is 5.73 Å². The minimum Gasteiger partial charge on any atom is -0.496 e. The number of hydrogen-bond donors (Lipinski definition) is 1. The standard InChI is InChI=1S/C15H21BF3NO4/c1-13(2)14(3,4)24-16(23-13)12(20)10-7-6-9(8-11(10)21-5)22-15(17,18)19/h6-8,12H,20H2,1-5H3/t12-/m0/s1. The summed E-state index contributed by atoms with van der Waals surface area (Å²) >= 11 is 0. The minimum absolute atomic E-state index is 0.166. The fourth-order valence-corrected chi connectivity index (χ4v) is 2.35. The topological polar surface area (TPSA) is 62.9 Å². The first-order valence-electron chi connectivity index (χ1n) is 7.41. The number of methoxy groups -OCH3 is 1. The average Bonchev–Trinajstić information content (AvgIpc) is 2.65. The number of rotatable bonds is 4. The second-order valence-corrected chi connectivity index (χ2v) is 6.60. The van der Waals surface area contributed by atoms with Crippen LogP contribution in [-0.4, -0.2) is 31.8 Å². The maximum atomic E-state index is 12.3. The van der Waals surface area contributed by atoms with Crippen LogP contribution in [0.25, 0.3) is 0 Å². The highest BCUT2D eigenvalue weighted by atomic mass is 19.4. The molecular formula is C15H21BF3NO4. The maximum absolute atomic E-state index is 12.3. The van der Waals surface area contributed by atoms with Gasteiger partial charge in [0.1, 0.15) is 11.5 Å². The molecule has 0 unspecified atom stereocenters. The molecule has 0 amide bonds. The van der Waals surface area contributed by atoms with Crippen molar-refractivity contribution in [3.8, 4) is 11.5 Å². The van der Waals surface area contributed by atoms with Crippen LogP contribution in [0.5, 0.6) is 11.5 Å². The molecule has 0 aliphatic carbocycles. The van der Waals surface area contributed by atoms with Gasteiger partial charge in [-0.2, -0.15) is 0 Å². The molecule has 2 rings (SSSR count). The zero-order valence-corrected chi connectivity index (χ0v) is 14.2. The molecule has 1 atom stereocenters. The predicted molar refractivity (Wildman–Crippen MR) is 82.7 cm³/mol. The Morgan fingerprint density at radius 2 is 1.67 bits per heavy atom. The van der Waals surface area contributed by atoms with Crippen LogP contribution in [-0.2, 0) is 9.31 Å². The van der Waals surface area contributed by atoms with E-state index >= 15 is 0 Å². The normalized spacial score (nSPS) is 20.8. The van der Waals surface area contributed by atoms with E-state index in [0.717, 1.165) is 6.07 Å². The molecule has 1 aromatic carbocycles. The lowest BCUT2D eigenvalue weighted by molar-refractivity contribution is -0.274. The van der Waals surface area contributed by atoms with Crippen LogP contribution in [0.15, 0.2) is 18.2 Å². The molecule has 1 aliphatic rings. The summed E-state index contributed by atoms with van der Waals surface area (Å²) in [5.41, 5.74) is 5.53. The maximum Gasteiger partial charge on any atom is 0.573 e. The number of nitrogens with two attached hydrogens (primary N) is 1. The lowest BCUT2D eigenvalue weighted by Crippen LogP contribution is -2.41. The molecule has 24 heavy (non-hydrogen) atoms. The largest absolute Gasteiger partial charge is 0.573 e. The number of halogens is 3. The van der Waals surface area contributed by atoms with E-state index in [4.69, 9.17) is 19.8 Å². The van der Waals surface area contributed by atoms with Crippen molar-refractivity contribution in [3.63, 3.8) is 0 Å². The molecule has 1 aromatic rings. The molecule has 0 radical (unpaired) electrons. The number of ether oxygens (including phenoxy) is 2. The summed E-state index contributed by atoms with van der Waals surface area (Å²) in [5.74, 6) is -0.955. The molecular weight excluding hydrogens is 326 g/mol. The monoisotopic (exact) mass is 347 g/mol. The quantitative estimate of drug-likeness (QED) is 0.848. The third-order valence-corrected chi connectivity index (χ3v) is 4.36. The molecule has 0 spiro atoms. The first-order chi connectivity index (χ1) is 10.9. The van der Waals surface area contributed by atoms with Gasteiger partial charge in [0.15, 0.2) is 0 Å². The molecule has 134 valence electrons. The van der Waals surface area contributed by atoms with Crippen molar-refractivity contribution >= 4 is 7.12 Å². The molecule has 1 heterocycles. The smallest absolute Gasteiger partial charge is 0.496 e. The van der Waals surface area contributed by atoms with Crippen LogP contribution < -0.4 is 15.2 Å². The Balaban J connectivity index is 2.25. The van der Waals surface area contributed by atoms with Crippen LogP contribution in [0.1, 0.15) is 39.2 Å². The molecule has 1 saturated heterocycles. The van der Waals surface area contributed by atoms with Gasteiger partial charge in [-0.1, -0.05) is 6.07 Å². The van der Waals surface area contributed by atoms with E-state index in [1.807, 2.05) is 27.7 Å². The molecule has 5 nitrogen and oxygen atoms in total. The fraction of sp³-hybridized carbons (Fsp3) is 0.600. The first kappa shape index (κ1) is 18.9. The van der Waals surface area contributed by atoms with Gasteiger partial charge in [-0.25, -0.2) is 0 Å². The van der Waals surface area contributed by atoms with E-state index in [9.17, 15) is 13.2 Å². The average molecular weight is 347 g/mol. The molecule has 1 aliphatic heterocycles. The predicted octanol–water partition coefficient (Wildman–Crippen LogP) is 3.23. The summed E-state index contributed by atoms with van der Waals surface area (Å²) < 4.78 is 57.8. The van der Waals surface area contributed by atoms with E-state index in [1.54, 1.807) is 0 Å². The highest BCUT2D eigenvalue weighted by Gasteiger charge is 2.53. The second-order valence-electron chi connectivity index (χ2n) is 6.60. The van der Waals surface area contributed by atoms with Crippen molar-refractivity contribution in [3.05, 3.63) is 23.8 Å². The second kappa shape index (κ2) is 6.13. The van der Waals surface area contributed by atoms with Crippen molar-refractivity contribution in [2.75, 3.05) is 7.11 Å². The van der Waals surface area contributed by atoms with Crippen LogP contribution in [0.2, 0.25) is 0 Å². The molecule has 0 saturated carbocycles. The zero-order chi connectivity index (χ0) is 18.3. The van der Waals surface area contributed by atoms with Crippen molar-refractivity contribution in [2.45, 2.75) is 51.2 Å². The van der Waals surface area contributed by atoms with Gasteiger partial charge in [0.05, 0.1) is 24.3 Å². The lowest BCUT2D eigenvalue weighted by Gasteiger charge is -2.32. The van der Waals surface area contributed by atoms with Crippen LogP contribution >= 0.6 is 0 Å². The number of hydrogen-bond acceptors (Lipinski definition) is 5. The molecule has 1 fully saturated rings. The summed E-state index contributed by atoms with van der Waals surface area (Å²) in [6.07, 6.45) is -4.78. The Bertz CT molecular complexity index is 591. The minimum atomic E-state index is -4.78. The molecule has 0 bridgehead atoms. The Morgan fingerprint density at radius 3 is 2.12 bits per heavy atom. The van der Waals surface area contributed by atoms with Gasteiger partial charge < -0.3 is 24.5 Å². The Morgan fingerprint density at radius 1 is 1.12 bits per heavy atom. The lowest BCUT2D eigenvalue weighted by atomic mass is 9.74. The molecule has 0 aromatic heterocycles. The van der Waals surface area contributed by atoms with Gasteiger partial charge in [-0.15, -0.1) is 13.2 Å². The summed E-state index contributed by atoms with van der Waals surface area (Å²) in [7, 11) is 0.589. The first-order valence-corrected chi connectivity index (χ1v) is 7.41. The van der Waals surface area contributed by atoms with E-state index < -0.39 is 30.6 Å². The summed E-state index contributed by atoms with van der Waals surface area (Å²) in [6.45, 7) is 7.54. The number of benzene rings is 1. The van der Waals surface area contributed by atoms with Gasteiger partial charge in [-0.05, 0) is 33.8 Å².